The Morgan fingerprint density at radius 1 is 1.40 bits per heavy atom. The molecule has 0 aliphatic carbocycles. The molecule has 7 nitrogen and oxygen atoms in total. The van der Waals surface area contributed by atoms with Crippen molar-refractivity contribution in [3.8, 4) is 5.75 Å². The van der Waals surface area contributed by atoms with Crippen LogP contribution in [0, 0.1) is 0 Å². The molecule has 1 atom stereocenters. The van der Waals surface area contributed by atoms with Crippen molar-refractivity contribution in [2.45, 2.75) is 6.04 Å². The SMILES string of the molecule is COc1ccc([C@H]2C=C(C(=O)O)Nc3ncnn32)cc1. The van der Waals surface area contributed by atoms with E-state index in [0.717, 1.165) is 11.3 Å². The maximum atomic E-state index is 11.2. The van der Waals surface area contributed by atoms with Gasteiger partial charge in [-0.2, -0.15) is 10.1 Å². The van der Waals surface area contributed by atoms with Crippen molar-refractivity contribution in [3.05, 3.63) is 47.9 Å². The lowest BCUT2D eigenvalue weighted by Crippen LogP contribution is -2.24. The fourth-order valence-electron chi connectivity index (χ4n) is 2.10. The van der Waals surface area contributed by atoms with Crippen LogP contribution in [-0.4, -0.2) is 33.0 Å². The molecule has 7 heteroatoms. The minimum atomic E-state index is -1.03. The zero-order valence-corrected chi connectivity index (χ0v) is 10.6. The Hall–Kier alpha value is -2.83. The molecule has 0 bridgehead atoms. The highest BCUT2D eigenvalue weighted by atomic mass is 16.5. The molecule has 1 aliphatic heterocycles. The topological polar surface area (TPSA) is 89.3 Å². The van der Waals surface area contributed by atoms with Gasteiger partial charge < -0.3 is 15.2 Å². The number of aliphatic carboxylic acids is 1. The molecule has 0 spiro atoms. The van der Waals surface area contributed by atoms with E-state index in [1.807, 2.05) is 24.3 Å². The van der Waals surface area contributed by atoms with Crippen LogP contribution in [0.1, 0.15) is 11.6 Å². The maximum absolute atomic E-state index is 11.2. The molecule has 1 aromatic heterocycles. The van der Waals surface area contributed by atoms with Crippen LogP contribution in [0.5, 0.6) is 5.75 Å². The van der Waals surface area contributed by atoms with Crippen molar-refractivity contribution >= 4 is 11.9 Å². The first-order chi connectivity index (χ1) is 9.69. The molecule has 20 heavy (non-hydrogen) atoms. The summed E-state index contributed by atoms with van der Waals surface area (Å²) in [5, 5.41) is 16.0. The maximum Gasteiger partial charge on any atom is 0.352 e. The Kier molecular flexibility index (Phi) is 2.86. The van der Waals surface area contributed by atoms with Gasteiger partial charge in [0.15, 0.2) is 0 Å². The summed E-state index contributed by atoms with van der Waals surface area (Å²) in [5.74, 6) is 0.118. The molecule has 0 saturated heterocycles. The van der Waals surface area contributed by atoms with Gasteiger partial charge in [-0.25, -0.2) is 9.48 Å². The first-order valence-electron chi connectivity index (χ1n) is 5.94. The molecule has 3 rings (SSSR count). The average molecular weight is 272 g/mol. The number of ether oxygens (including phenoxy) is 1. The Bertz CT molecular complexity index is 675. The van der Waals surface area contributed by atoms with Gasteiger partial charge >= 0.3 is 5.97 Å². The first-order valence-corrected chi connectivity index (χ1v) is 5.94. The molecule has 102 valence electrons. The Morgan fingerprint density at radius 2 is 2.15 bits per heavy atom. The zero-order chi connectivity index (χ0) is 14.1. The lowest BCUT2D eigenvalue weighted by molar-refractivity contribution is -0.132. The lowest BCUT2D eigenvalue weighted by atomic mass is 10.0. The summed E-state index contributed by atoms with van der Waals surface area (Å²) < 4.78 is 6.75. The van der Waals surface area contributed by atoms with Crippen molar-refractivity contribution in [1.82, 2.24) is 14.8 Å². The molecule has 0 unspecified atom stereocenters. The Morgan fingerprint density at radius 3 is 2.80 bits per heavy atom. The summed E-state index contributed by atoms with van der Waals surface area (Å²) in [4.78, 5) is 15.2. The Labute approximate surface area is 114 Å². The summed E-state index contributed by atoms with van der Waals surface area (Å²) in [6.07, 6.45) is 2.99. The number of carbonyl (C=O) groups is 1. The van der Waals surface area contributed by atoms with Crippen LogP contribution in [0.4, 0.5) is 5.95 Å². The fraction of sp³-hybridized carbons (Fsp3) is 0.154. The van der Waals surface area contributed by atoms with Gasteiger partial charge in [0.2, 0.25) is 5.95 Å². The molecule has 0 saturated carbocycles. The van der Waals surface area contributed by atoms with Gasteiger partial charge in [0, 0.05) is 0 Å². The lowest BCUT2D eigenvalue weighted by Gasteiger charge is -2.22. The van der Waals surface area contributed by atoms with Crippen LogP contribution in [0.25, 0.3) is 0 Å². The number of carboxylic acids is 1. The third-order valence-electron chi connectivity index (χ3n) is 3.10. The molecule has 1 aromatic carbocycles. The smallest absolute Gasteiger partial charge is 0.352 e. The van der Waals surface area contributed by atoms with Crippen LogP contribution in [0.3, 0.4) is 0 Å². The highest BCUT2D eigenvalue weighted by molar-refractivity contribution is 5.90. The number of allylic oxidation sites excluding steroid dienone is 1. The second-order valence-electron chi connectivity index (χ2n) is 4.26. The molecule has 0 amide bonds. The summed E-state index contributed by atoms with van der Waals surface area (Å²) in [6.45, 7) is 0. The van der Waals surface area contributed by atoms with Gasteiger partial charge in [-0.1, -0.05) is 12.1 Å². The van der Waals surface area contributed by atoms with Gasteiger partial charge in [0.1, 0.15) is 23.8 Å². The van der Waals surface area contributed by atoms with Crippen LogP contribution >= 0.6 is 0 Å². The van der Waals surface area contributed by atoms with Crippen molar-refractivity contribution in [1.29, 1.82) is 0 Å². The predicted molar refractivity (Wildman–Crippen MR) is 70.5 cm³/mol. The van der Waals surface area contributed by atoms with Gasteiger partial charge in [-0.15, -0.1) is 0 Å². The van der Waals surface area contributed by atoms with E-state index in [1.165, 1.54) is 6.33 Å². The molecule has 2 heterocycles. The summed E-state index contributed by atoms with van der Waals surface area (Å²) in [5.41, 5.74) is 0.990. The minimum absolute atomic E-state index is 0.0892. The van der Waals surface area contributed by atoms with Crippen molar-refractivity contribution in [2.24, 2.45) is 0 Å². The van der Waals surface area contributed by atoms with E-state index < -0.39 is 5.97 Å². The molecular weight excluding hydrogens is 260 g/mol. The van der Waals surface area contributed by atoms with Crippen LogP contribution in [0.15, 0.2) is 42.4 Å². The van der Waals surface area contributed by atoms with E-state index >= 15 is 0 Å². The number of fused-ring (bicyclic) bond motifs is 1. The number of nitrogens with zero attached hydrogens (tertiary/aromatic N) is 3. The van der Waals surface area contributed by atoms with E-state index in [2.05, 4.69) is 15.4 Å². The second-order valence-corrected chi connectivity index (χ2v) is 4.26. The fourth-order valence-corrected chi connectivity index (χ4v) is 2.10. The summed E-state index contributed by atoms with van der Waals surface area (Å²) >= 11 is 0. The van der Waals surface area contributed by atoms with Crippen molar-refractivity contribution in [2.75, 3.05) is 12.4 Å². The minimum Gasteiger partial charge on any atom is -0.497 e. The van der Waals surface area contributed by atoms with Crippen molar-refractivity contribution < 1.29 is 14.6 Å². The quantitative estimate of drug-likeness (QED) is 0.874. The van der Waals surface area contributed by atoms with Crippen LogP contribution < -0.4 is 10.1 Å². The molecule has 2 N–H and O–H groups in total. The summed E-state index contributed by atoms with van der Waals surface area (Å²) in [6, 6.07) is 7.07. The van der Waals surface area contributed by atoms with E-state index in [9.17, 15) is 4.79 Å². The van der Waals surface area contributed by atoms with E-state index in [0.29, 0.717) is 5.95 Å². The highest BCUT2D eigenvalue weighted by Gasteiger charge is 2.25. The van der Waals surface area contributed by atoms with E-state index in [4.69, 9.17) is 9.84 Å². The average Bonchev–Trinajstić information content (AvgIpc) is 2.94. The molecule has 0 fully saturated rings. The van der Waals surface area contributed by atoms with Gasteiger partial charge in [-0.3, -0.25) is 0 Å². The number of nitrogens with one attached hydrogen (secondary N) is 1. The van der Waals surface area contributed by atoms with Crippen LogP contribution in [0.2, 0.25) is 0 Å². The van der Waals surface area contributed by atoms with Crippen molar-refractivity contribution in [3.63, 3.8) is 0 Å². The number of benzene rings is 1. The highest BCUT2D eigenvalue weighted by Crippen LogP contribution is 2.29. The third-order valence-corrected chi connectivity index (χ3v) is 3.10. The summed E-state index contributed by atoms with van der Waals surface area (Å²) in [7, 11) is 1.59. The predicted octanol–water partition coefficient (Wildman–Crippen LogP) is 1.27. The molecule has 0 radical (unpaired) electrons. The monoisotopic (exact) mass is 272 g/mol. The van der Waals surface area contributed by atoms with Gasteiger partial charge in [0.05, 0.1) is 7.11 Å². The molecule has 2 aromatic rings. The Balaban J connectivity index is 2.04. The third kappa shape index (κ3) is 1.99. The number of carboxylic acid groups (broad SMARTS) is 1. The van der Waals surface area contributed by atoms with E-state index in [-0.39, 0.29) is 11.7 Å². The zero-order valence-electron chi connectivity index (χ0n) is 10.6. The van der Waals surface area contributed by atoms with Crippen LogP contribution in [-0.2, 0) is 4.79 Å². The standard InChI is InChI=1S/C13H12N4O3/c1-20-9-4-2-8(3-5-9)11-6-10(12(18)19)16-13-14-7-15-17(11)13/h2-7,11H,1H3,(H,18,19)(H,14,15,16)/t11-/m1/s1. The first kappa shape index (κ1) is 12.2. The number of hydrogen-bond donors (Lipinski definition) is 2. The number of aromatic nitrogens is 3. The van der Waals surface area contributed by atoms with Gasteiger partial charge in [0.25, 0.3) is 0 Å². The largest absolute Gasteiger partial charge is 0.497 e. The van der Waals surface area contributed by atoms with E-state index in [1.54, 1.807) is 17.9 Å². The number of anilines is 1. The molecule has 1 aliphatic rings. The number of hydrogen-bond acceptors (Lipinski definition) is 5. The molecular formula is C13H12N4O3. The number of rotatable bonds is 3. The van der Waals surface area contributed by atoms with Gasteiger partial charge in [-0.05, 0) is 23.8 Å². The normalized spacial score (nSPS) is 16.9. The number of methoxy groups -OCH3 is 1. The second kappa shape index (κ2) is 4.69.